The summed E-state index contributed by atoms with van der Waals surface area (Å²) in [4.78, 5) is 10.2. The number of nitrogens with zero attached hydrogens (tertiary/aromatic N) is 4. The summed E-state index contributed by atoms with van der Waals surface area (Å²) < 4.78 is 4.57. The van der Waals surface area contributed by atoms with Crippen molar-refractivity contribution in [2.75, 3.05) is 0 Å². The van der Waals surface area contributed by atoms with E-state index in [9.17, 15) is 0 Å². The van der Waals surface area contributed by atoms with E-state index in [1.807, 2.05) is 0 Å². The SMILES string of the molecule is c1ccc(-n2c(-c3ccc(-c4c5ccccc5c(-c5ccc(-c6ccc7c(c6)c6ccccc6n6c8ccccc8nc76)cc5)c5ccccc45)cc3)nc3ccccc32)cc1. The van der Waals surface area contributed by atoms with Crippen LogP contribution in [0.15, 0.2) is 218 Å². The van der Waals surface area contributed by atoms with E-state index in [2.05, 4.69) is 227 Å². The molecule has 0 spiro atoms. The third-order valence-electron chi connectivity index (χ3n) is 12.7. The fourth-order valence-corrected chi connectivity index (χ4v) is 9.91. The summed E-state index contributed by atoms with van der Waals surface area (Å²) in [5, 5.41) is 8.51. The first-order valence-corrected chi connectivity index (χ1v) is 21.2. The highest BCUT2D eigenvalue weighted by molar-refractivity contribution is 6.21. The van der Waals surface area contributed by atoms with Crippen LogP contribution in [0.2, 0.25) is 0 Å². The van der Waals surface area contributed by atoms with Crippen LogP contribution in [0.1, 0.15) is 0 Å². The van der Waals surface area contributed by atoms with Gasteiger partial charge in [0.15, 0.2) is 0 Å². The van der Waals surface area contributed by atoms with Gasteiger partial charge in [0.05, 0.1) is 27.6 Å². The van der Waals surface area contributed by atoms with E-state index in [1.54, 1.807) is 0 Å². The molecule has 13 rings (SSSR count). The van der Waals surface area contributed by atoms with Gasteiger partial charge in [0.1, 0.15) is 11.5 Å². The molecule has 3 heterocycles. The van der Waals surface area contributed by atoms with Crippen LogP contribution in [0.4, 0.5) is 0 Å². The number of rotatable bonds is 5. The molecule has 13 aromatic rings. The first kappa shape index (κ1) is 34.5. The highest BCUT2D eigenvalue weighted by Gasteiger charge is 2.19. The van der Waals surface area contributed by atoms with Gasteiger partial charge in [0.2, 0.25) is 0 Å². The van der Waals surface area contributed by atoms with Crippen LogP contribution >= 0.6 is 0 Å². The number of hydrogen-bond acceptors (Lipinski definition) is 2. The Labute approximate surface area is 357 Å². The Morgan fingerprint density at radius 1 is 0.290 bits per heavy atom. The summed E-state index contributed by atoms with van der Waals surface area (Å²) in [5.74, 6) is 0.929. The Morgan fingerprint density at radius 2 is 0.758 bits per heavy atom. The van der Waals surface area contributed by atoms with Crippen molar-refractivity contribution in [2.45, 2.75) is 0 Å². The van der Waals surface area contributed by atoms with Gasteiger partial charge < -0.3 is 0 Å². The second-order valence-corrected chi connectivity index (χ2v) is 16.1. The molecule has 288 valence electrons. The normalized spacial score (nSPS) is 11.9. The molecule has 0 amide bonds. The van der Waals surface area contributed by atoms with Gasteiger partial charge in [-0.05, 0) is 115 Å². The van der Waals surface area contributed by atoms with Gasteiger partial charge in [-0.15, -0.1) is 0 Å². The number of imidazole rings is 2. The zero-order valence-electron chi connectivity index (χ0n) is 33.6. The molecular formula is C58H36N4. The van der Waals surface area contributed by atoms with E-state index in [1.165, 1.54) is 71.2 Å². The van der Waals surface area contributed by atoms with Crippen molar-refractivity contribution in [2.24, 2.45) is 0 Å². The second-order valence-electron chi connectivity index (χ2n) is 16.1. The number of fused-ring (bicyclic) bond motifs is 11. The predicted molar refractivity (Wildman–Crippen MR) is 259 cm³/mol. The summed E-state index contributed by atoms with van der Waals surface area (Å²) >= 11 is 0. The van der Waals surface area contributed by atoms with Crippen molar-refractivity contribution in [3.8, 4) is 50.5 Å². The topological polar surface area (TPSA) is 35.1 Å². The first-order valence-electron chi connectivity index (χ1n) is 21.2. The molecule has 0 fully saturated rings. The standard InChI is InChI=1S/C58H36N4/c1-2-14-42(15-3-1)61-53-24-12-9-21-50(53)59-57(61)40-32-30-39(31-33-40)56-46-19-6-4-17-44(46)55(45-18-5-7-20-47(45)56)38-28-26-37(27-29-38)41-34-35-48-49(36-41)43-16-8-11-23-52(43)62-54-25-13-10-22-51(54)60-58(48)62/h1-36H. The molecule has 0 aliphatic carbocycles. The molecule has 0 radical (unpaired) electrons. The highest BCUT2D eigenvalue weighted by Crippen LogP contribution is 2.45. The van der Waals surface area contributed by atoms with Crippen LogP contribution in [0, 0.1) is 0 Å². The van der Waals surface area contributed by atoms with Crippen molar-refractivity contribution in [3.63, 3.8) is 0 Å². The molecular weight excluding hydrogens is 753 g/mol. The van der Waals surface area contributed by atoms with Gasteiger partial charge in [0, 0.05) is 22.0 Å². The highest BCUT2D eigenvalue weighted by atomic mass is 15.1. The maximum Gasteiger partial charge on any atom is 0.146 e. The molecule has 0 bridgehead atoms. The van der Waals surface area contributed by atoms with Gasteiger partial charge in [-0.2, -0.15) is 0 Å². The minimum Gasteiger partial charge on any atom is -0.292 e. The van der Waals surface area contributed by atoms with E-state index >= 15 is 0 Å². The van der Waals surface area contributed by atoms with Crippen LogP contribution < -0.4 is 0 Å². The van der Waals surface area contributed by atoms with Gasteiger partial charge in [-0.3, -0.25) is 8.97 Å². The molecule has 62 heavy (non-hydrogen) atoms. The fourth-order valence-electron chi connectivity index (χ4n) is 9.91. The lowest BCUT2D eigenvalue weighted by atomic mass is 9.85. The third-order valence-corrected chi connectivity index (χ3v) is 12.7. The maximum absolute atomic E-state index is 5.14. The predicted octanol–water partition coefficient (Wildman–Crippen LogP) is 15.1. The monoisotopic (exact) mass is 788 g/mol. The van der Waals surface area contributed by atoms with E-state index in [0.717, 1.165) is 50.2 Å². The zero-order valence-corrected chi connectivity index (χ0v) is 33.6. The molecule has 10 aromatic carbocycles. The van der Waals surface area contributed by atoms with Crippen molar-refractivity contribution in [3.05, 3.63) is 218 Å². The Bertz CT molecular complexity index is 3840. The van der Waals surface area contributed by atoms with Crippen molar-refractivity contribution in [1.29, 1.82) is 0 Å². The van der Waals surface area contributed by atoms with Gasteiger partial charge in [-0.1, -0.05) is 164 Å². The Hall–Kier alpha value is -8.34. The Balaban J connectivity index is 0.921. The minimum atomic E-state index is 0.929. The number of para-hydroxylation sites is 6. The average Bonchev–Trinajstić information content (AvgIpc) is 3.94. The molecule has 0 atom stereocenters. The molecule has 4 nitrogen and oxygen atoms in total. The quantitative estimate of drug-likeness (QED) is 0.129. The zero-order chi connectivity index (χ0) is 40.7. The van der Waals surface area contributed by atoms with E-state index in [0.29, 0.717) is 0 Å². The number of hydrogen-bond donors (Lipinski definition) is 0. The Kier molecular flexibility index (Phi) is 7.57. The van der Waals surface area contributed by atoms with E-state index in [4.69, 9.17) is 9.97 Å². The first-order chi connectivity index (χ1) is 30.8. The molecule has 0 saturated heterocycles. The van der Waals surface area contributed by atoms with Crippen molar-refractivity contribution < 1.29 is 0 Å². The third kappa shape index (κ3) is 5.20. The lowest BCUT2D eigenvalue weighted by molar-refractivity contribution is 1.10. The van der Waals surface area contributed by atoms with Crippen LogP contribution in [-0.4, -0.2) is 18.9 Å². The van der Waals surface area contributed by atoms with Crippen LogP contribution in [-0.2, 0) is 0 Å². The molecule has 0 aliphatic heterocycles. The number of pyridine rings is 1. The number of benzene rings is 10. The second kappa shape index (κ2) is 13.6. The average molecular weight is 789 g/mol. The molecule has 0 aliphatic rings. The summed E-state index contributed by atoms with van der Waals surface area (Å²) in [6, 6.07) is 78.7. The molecule has 4 heteroatoms. The van der Waals surface area contributed by atoms with Crippen molar-refractivity contribution in [1.82, 2.24) is 18.9 Å². The van der Waals surface area contributed by atoms with Crippen molar-refractivity contribution >= 4 is 70.9 Å². The fraction of sp³-hybridized carbons (Fsp3) is 0. The summed E-state index contributed by atoms with van der Waals surface area (Å²) in [5.41, 5.74) is 15.7. The molecule has 3 aromatic heterocycles. The van der Waals surface area contributed by atoms with Gasteiger partial charge in [-0.25, -0.2) is 9.97 Å². The van der Waals surface area contributed by atoms with Crippen LogP contribution in [0.3, 0.4) is 0 Å². The van der Waals surface area contributed by atoms with E-state index in [-0.39, 0.29) is 0 Å². The number of aromatic nitrogens is 4. The maximum atomic E-state index is 5.14. The van der Waals surface area contributed by atoms with Crippen LogP contribution in [0.25, 0.3) is 121 Å². The lowest BCUT2D eigenvalue weighted by Crippen LogP contribution is -1.97. The molecule has 0 N–H and O–H groups in total. The smallest absolute Gasteiger partial charge is 0.146 e. The summed E-state index contributed by atoms with van der Waals surface area (Å²) in [7, 11) is 0. The lowest BCUT2D eigenvalue weighted by Gasteiger charge is -2.18. The summed E-state index contributed by atoms with van der Waals surface area (Å²) in [6.07, 6.45) is 0. The van der Waals surface area contributed by atoms with Gasteiger partial charge >= 0.3 is 0 Å². The molecule has 0 unspecified atom stereocenters. The largest absolute Gasteiger partial charge is 0.292 e. The van der Waals surface area contributed by atoms with Crippen LogP contribution in [0.5, 0.6) is 0 Å². The molecule has 0 saturated carbocycles. The van der Waals surface area contributed by atoms with E-state index < -0.39 is 0 Å². The summed E-state index contributed by atoms with van der Waals surface area (Å²) in [6.45, 7) is 0. The Morgan fingerprint density at radius 3 is 1.39 bits per heavy atom. The minimum absolute atomic E-state index is 0.929. The van der Waals surface area contributed by atoms with Gasteiger partial charge in [0.25, 0.3) is 0 Å².